The molecule has 3 nitrogen and oxygen atoms in total. The largest absolute Gasteiger partial charge is 0.349 e. The van der Waals surface area contributed by atoms with E-state index in [-0.39, 0.29) is 12.4 Å². The molecule has 0 aromatic carbocycles. The molecule has 0 heterocycles. The molecule has 0 aliphatic heterocycles. The van der Waals surface area contributed by atoms with Crippen LogP contribution in [-0.4, -0.2) is 48.9 Å². The molecule has 0 aromatic rings. The molecule has 14 heavy (non-hydrogen) atoms. The Hall–Kier alpha value is 0.0400. The van der Waals surface area contributed by atoms with Gasteiger partial charge in [0.05, 0.1) is 4.95 Å². The molecule has 1 atom stereocenters. The van der Waals surface area contributed by atoms with Gasteiger partial charge in [-0.25, -0.2) is 0 Å². The van der Waals surface area contributed by atoms with Crippen LogP contribution < -0.4 is 0 Å². The molecule has 0 fully saturated rings. The Balaban J connectivity index is 0. The summed E-state index contributed by atoms with van der Waals surface area (Å²) in [5, 5.41) is 0. The van der Waals surface area contributed by atoms with Gasteiger partial charge in [0.25, 0.3) is 0 Å². The number of hydrogen-bond acceptors (Lipinski definition) is 1. The summed E-state index contributed by atoms with van der Waals surface area (Å²) in [4.78, 5) is 8.76. The third-order valence-corrected chi connectivity index (χ3v) is 2.93. The number of hydrogen-bond donors (Lipinski definition) is 0. The minimum atomic E-state index is 0. The van der Waals surface area contributed by atoms with Crippen LogP contribution in [0.25, 0.3) is 0 Å². The van der Waals surface area contributed by atoms with Gasteiger partial charge in [-0.3, -0.25) is 4.99 Å². The Labute approximate surface area is 102 Å². The summed E-state index contributed by atoms with van der Waals surface area (Å²) in [5.41, 5.74) is 0. The van der Waals surface area contributed by atoms with E-state index in [0.29, 0.717) is 4.95 Å². The van der Waals surface area contributed by atoms with E-state index in [2.05, 4.69) is 39.8 Å². The Kier molecular flexibility index (Phi) is 9.83. The zero-order chi connectivity index (χ0) is 10.4. The topological polar surface area (TPSA) is 18.8 Å². The molecule has 0 bridgehead atoms. The Morgan fingerprint density at radius 3 is 2.14 bits per heavy atom. The van der Waals surface area contributed by atoms with Crippen LogP contribution in [0, 0.1) is 0 Å². The summed E-state index contributed by atoms with van der Waals surface area (Å²) >= 11 is 3.63. The molecule has 86 valence electrons. The minimum Gasteiger partial charge on any atom is -0.349 e. The molecule has 0 saturated carbocycles. The quantitative estimate of drug-likeness (QED) is 0.343. The molecule has 1 unspecified atom stereocenters. The molecule has 0 aliphatic carbocycles. The first kappa shape index (κ1) is 16.5. The molecule has 5 heteroatoms. The van der Waals surface area contributed by atoms with E-state index in [1.165, 1.54) is 6.42 Å². The van der Waals surface area contributed by atoms with Crippen molar-refractivity contribution in [3.63, 3.8) is 0 Å². The van der Waals surface area contributed by atoms with Crippen LogP contribution in [0.5, 0.6) is 0 Å². The smallest absolute Gasteiger partial charge is 0.196 e. The molecule has 0 aliphatic rings. The van der Waals surface area contributed by atoms with E-state index in [0.717, 1.165) is 12.4 Å². The Morgan fingerprint density at radius 1 is 1.36 bits per heavy atom. The van der Waals surface area contributed by atoms with E-state index in [1.807, 2.05) is 26.0 Å². The second kappa shape index (κ2) is 8.36. The lowest BCUT2D eigenvalue weighted by Gasteiger charge is -2.30. The average molecular weight is 287 g/mol. The lowest BCUT2D eigenvalue weighted by atomic mass is 10.3. The van der Waals surface area contributed by atoms with Gasteiger partial charge < -0.3 is 9.80 Å². The fourth-order valence-electron chi connectivity index (χ4n) is 1.23. The molecule has 0 radical (unpaired) electrons. The highest BCUT2D eigenvalue weighted by Gasteiger charge is 2.14. The van der Waals surface area contributed by atoms with Crippen LogP contribution in [0.4, 0.5) is 0 Å². The summed E-state index contributed by atoms with van der Waals surface area (Å²) in [5.74, 6) is 0.996. The zero-order valence-corrected chi connectivity index (χ0v) is 12.0. The van der Waals surface area contributed by atoms with Crippen molar-refractivity contribution in [2.24, 2.45) is 4.99 Å². The molecular weight excluding hydrogens is 265 g/mol. The molecular formula is C9H21BrClN3. The van der Waals surface area contributed by atoms with Gasteiger partial charge in [-0.2, -0.15) is 0 Å². The first-order chi connectivity index (χ1) is 6.04. The third kappa shape index (κ3) is 5.05. The highest BCUT2D eigenvalue weighted by Crippen LogP contribution is 2.12. The van der Waals surface area contributed by atoms with Gasteiger partial charge in [0, 0.05) is 28.2 Å². The molecule has 0 amide bonds. The average Bonchev–Trinajstić information content (AvgIpc) is 2.05. The van der Waals surface area contributed by atoms with Gasteiger partial charge in [-0.15, -0.1) is 12.4 Å². The second-order valence-electron chi connectivity index (χ2n) is 3.25. The first-order valence-electron chi connectivity index (χ1n) is 4.55. The Morgan fingerprint density at radius 2 is 1.86 bits per heavy atom. The molecule has 0 saturated heterocycles. The van der Waals surface area contributed by atoms with E-state index in [9.17, 15) is 0 Å². The highest BCUT2D eigenvalue weighted by molar-refractivity contribution is 9.09. The summed E-state index contributed by atoms with van der Waals surface area (Å²) in [6, 6.07) is 0. The van der Waals surface area contributed by atoms with Gasteiger partial charge >= 0.3 is 0 Å². The maximum atomic E-state index is 4.23. The van der Waals surface area contributed by atoms with Crippen LogP contribution in [-0.2, 0) is 0 Å². The summed E-state index contributed by atoms with van der Waals surface area (Å²) in [7, 11) is 7.88. The van der Waals surface area contributed by atoms with E-state index in [4.69, 9.17) is 0 Å². The SMILES string of the molecule is CCCC(Br)N(C)C(=NC)N(C)C.Cl. The number of guanidine groups is 1. The monoisotopic (exact) mass is 285 g/mol. The third-order valence-electron chi connectivity index (χ3n) is 1.86. The second-order valence-corrected chi connectivity index (χ2v) is 4.31. The maximum Gasteiger partial charge on any atom is 0.196 e. The molecule has 0 N–H and O–H groups in total. The van der Waals surface area contributed by atoms with Crippen molar-refractivity contribution < 1.29 is 0 Å². The summed E-state index contributed by atoms with van der Waals surface area (Å²) < 4.78 is 0. The van der Waals surface area contributed by atoms with Gasteiger partial charge in [-0.05, 0) is 6.42 Å². The number of nitrogens with zero attached hydrogens (tertiary/aromatic N) is 3. The van der Waals surface area contributed by atoms with Crippen molar-refractivity contribution in [1.29, 1.82) is 0 Å². The standard InChI is InChI=1S/C9H20BrN3.ClH/c1-6-7-8(10)13(5)9(11-2)12(3)4;/h8H,6-7H2,1-5H3;1H. The van der Waals surface area contributed by atoms with Crippen molar-refractivity contribution in [2.45, 2.75) is 24.7 Å². The lowest BCUT2D eigenvalue weighted by Crippen LogP contribution is -2.41. The van der Waals surface area contributed by atoms with Crippen molar-refractivity contribution >= 4 is 34.3 Å². The molecule has 0 spiro atoms. The van der Waals surface area contributed by atoms with Crippen molar-refractivity contribution in [1.82, 2.24) is 9.80 Å². The van der Waals surface area contributed by atoms with Gasteiger partial charge in [0.2, 0.25) is 0 Å². The normalized spacial score (nSPS) is 13.1. The predicted octanol–water partition coefficient (Wildman–Crippen LogP) is 2.41. The number of halogens is 2. The van der Waals surface area contributed by atoms with Gasteiger partial charge in [-0.1, -0.05) is 29.3 Å². The number of alkyl halides is 1. The van der Waals surface area contributed by atoms with Crippen LogP contribution in [0.3, 0.4) is 0 Å². The maximum absolute atomic E-state index is 4.23. The van der Waals surface area contributed by atoms with Gasteiger partial charge in [0.15, 0.2) is 5.96 Å². The highest BCUT2D eigenvalue weighted by atomic mass is 79.9. The predicted molar refractivity (Wildman–Crippen MR) is 69.7 cm³/mol. The fraction of sp³-hybridized carbons (Fsp3) is 0.889. The number of rotatable bonds is 3. The van der Waals surface area contributed by atoms with Crippen molar-refractivity contribution in [3.8, 4) is 0 Å². The van der Waals surface area contributed by atoms with E-state index in [1.54, 1.807) is 0 Å². The summed E-state index contributed by atoms with van der Waals surface area (Å²) in [6.07, 6.45) is 2.30. The van der Waals surface area contributed by atoms with Crippen molar-refractivity contribution in [3.05, 3.63) is 0 Å². The van der Waals surface area contributed by atoms with Crippen molar-refractivity contribution in [2.75, 3.05) is 28.2 Å². The number of aliphatic imine (C=N–C) groups is 1. The zero-order valence-electron chi connectivity index (χ0n) is 9.62. The summed E-state index contributed by atoms with van der Waals surface area (Å²) in [6.45, 7) is 2.18. The fourth-order valence-corrected chi connectivity index (χ4v) is 1.87. The Bertz CT molecular complexity index is 173. The van der Waals surface area contributed by atoms with E-state index < -0.39 is 0 Å². The first-order valence-corrected chi connectivity index (χ1v) is 5.47. The van der Waals surface area contributed by atoms with Gasteiger partial charge in [0.1, 0.15) is 0 Å². The van der Waals surface area contributed by atoms with Crippen LogP contribution in [0.2, 0.25) is 0 Å². The van der Waals surface area contributed by atoms with Crippen LogP contribution >= 0.6 is 28.3 Å². The molecule has 0 rings (SSSR count). The lowest BCUT2D eigenvalue weighted by molar-refractivity contribution is 0.394. The minimum absolute atomic E-state index is 0. The van der Waals surface area contributed by atoms with Crippen LogP contribution in [0.15, 0.2) is 4.99 Å². The van der Waals surface area contributed by atoms with Crippen LogP contribution in [0.1, 0.15) is 19.8 Å². The van der Waals surface area contributed by atoms with E-state index >= 15 is 0 Å². The molecule has 0 aromatic heterocycles.